The molecule has 0 N–H and O–H groups in total. The Balaban J connectivity index is 2.51. The normalized spacial score (nSPS) is 19.2. The van der Waals surface area contributed by atoms with Crippen LogP contribution in [0.25, 0.3) is 5.57 Å². The molecule has 1 aliphatic carbocycles. The van der Waals surface area contributed by atoms with E-state index in [1.54, 1.807) is 0 Å². The maximum atomic E-state index is 4.14. The molecule has 0 amide bonds. The molecule has 1 aliphatic rings. The molecule has 12 heavy (non-hydrogen) atoms. The summed E-state index contributed by atoms with van der Waals surface area (Å²) in [5, 5.41) is 0. The Labute approximate surface area is 73.1 Å². The van der Waals surface area contributed by atoms with Gasteiger partial charge in [0.25, 0.3) is 0 Å². The molecule has 1 heterocycles. The van der Waals surface area contributed by atoms with E-state index in [0.717, 1.165) is 0 Å². The molecule has 0 atom stereocenters. The molecule has 1 nitrogen and oxygen atoms in total. The lowest BCUT2D eigenvalue weighted by atomic mass is 9.89. The second-order valence-electron chi connectivity index (χ2n) is 3.20. The number of fused-ring (bicyclic) bond motifs is 1. The van der Waals surface area contributed by atoms with E-state index in [1.165, 1.54) is 36.0 Å². The van der Waals surface area contributed by atoms with Crippen LogP contribution < -0.4 is 0 Å². The lowest BCUT2D eigenvalue weighted by molar-refractivity contribution is 0.815. The fourth-order valence-corrected chi connectivity index (χ4v) is 1.84. The highest BCUT2D eigenvalue weighted by atomic mass is 14.6. The molecule has 0 radical (unpaired) electrons. The number of nitrogens with zero attached hydrogens (tertiary/aromatic N) is 1. The number of pyridine rings is 1. The molecule has 0 spiro atoms. The second-order valence-corrected chi connectivity index (χ2v) is 3.20. The molecule has 1 aromatic rings. The van der Waals surface area contributed by atoms with Crippen LogP contribution in [-0.2, 0) is 6.42 Å². The second kappa shape index (κ2) is 3.10. The predicted octanol–water partition coefficient (Wildman–Crippen LogP) is 2.82. The van der Waals surface area contributed by atoms with Crippen molar-refractivity contribution < 1.29 is 0 Å². The van der Waals surface area contributed by atoms with Crippen LogP contribution in [0.2, 0.25) is 0 Å². The molecule has 0 fully saturated rings. The highest BCUT2D eigenvalue weighted by molar-refractivity contribution is 5.69. The fourth-order valence-electron chi connectivity index (χ4n) is 1.84. The van der Waals surface area contributed by atoms with Crippen LogP contribution >= 0.6 is 0 Å². The average molecular weight is 159 g/mol. The molecule has 0 aliphatic heterocycles. The van der Waals surface area contributed by atoms with Crippen molar-refractivity contribution in [1.82, 2.24) is 4.98 Å². The molecule has 1 heteroatoms. The van der Waals surface area contributed by atoms with Crippen molar-refractivity contribution in [2.24, 2.45) is 0 Å². The molecule has 0 bridgehead atoms. The average Bonchev–Trinajstić information content (AvgIpc) is 2.17. The topological polar surface area (TPSA) is 12.9 Å². The molecule has 1 aromatic heterocycles. The summed E-state index contributed by atoms with van der Waals surface area (Å²) < 4.78 is 0. The van der Waals surface area contributed by atoms with E-state index in [1.807, 2.05) is 12.4 Å². The van der Waals surface area contributed by atoms with Crippen molar-refractivity contribution in [2.75, 3.05) is 0 Å². The third-order valence-corrected chi connectivity index (χ3v) is 2.49. The Morgan fingerprint density at radius 3 is 3.17 bits per heavy atom. The largest absolute Gasteiger partial charge is 0.264 e. The highest BCUT2D eigenvalue weighted by Crippen LogP contribution is 2.29. The third kappa shape index (κ3) is 1.15. The van der Waals surface area contributed by atoms with Gasteiger partial charge in [-0.3, -0.25) is 4.98 Å². The van der Waals surface area contributed by atoms with E-state index in [-0.39, 0.29) is 0 Å². The van der Waals surface area contributed by atoms with Gasteiger partial charge in [-0.15, -0.1) is 0 Å². The summed E-state index contributed by atoms with van der Waals surface area (Å²) in [6.07, 6.45) is 9.80. The van der Waals surface area contributed by atoms with E-state index in [0.29, 0.717) is 0 Å². The fraction of sp³-hybridized carbons (Fsp3) is 0.364. The Morgan fingerprint density at radius 1 is 1.42 bits per heavy atom. The Hall–Kier alpha value is -1.11. The van der Waals surface area contributed by atoms with Crippen molar-refractivity contribution in [3.8, 4) is 0 Å². The first-order valence-electron chi connectivity index (χ1n) is 4.50. The van der Waals surface area contributed by atoms with Gasteiger partial charge in [-0.25, -0.2) is 0 Å². The summed E-state index contributed by atoms with van der Waals surface area (Å²) in [4.78, 5) is 4.14. The van der Waals surface area contributed by atoms with Crippen molar-refractivity contribution in [3.05, 3.63) is 35.7 Å². The van der Waals surface area contributed by atoms with Gasteiger partial charge in [-0.2, -0.15) is 0 Å². The number of hydrogen-bond donors (Lipinski definition) is 0. The molecule has 0 unspecified atom stereocenters. The van der Waals surface area contributed by atoms with Gasteiger partial charge in [-0.05, 0) is 49.0 Å². The summed E-state index contributed by atoms with van der Waals surface area (Å²) >= 11 is 0. The zero-order valence-corrected chi connectivity index (χ0v) is 7.38. The van der Waals surface area contributed by atoms with Gasteiger partial charge in [-0.1, -0.05) is 6.08 Å². The first-order chi connectivity index (χ1) is 5.92. The zero-order chi connectivity index (χ0) is 8.39. The van der Waals surface area contributed by atoms with Crippen molar-refractivity contribution >= 4 is 5.57 Å². The van der Waals surface area contributed by atoms with E-state index >= 15 is 0 Å². The Kier molecular flexibility index (Phi) is 1.94. The van der Waals surface area contributed by atoms with Crippen LogP contribution in [0.1, 0.15) is 30.9 Å². The molecular weight excluding hydrogens is 146 g/mol. The van der Waals surface area contributed by atoms with E-state index < -0.39 is 0 Å². The lowest BCUT2D eigenvalue weighted by Crippen LogP contribution is -2.01. The van der Waals surface area contributed by atoms with Gasteiger partial charge in [0.2, 0.25) is 0 Å². The number of hydrogen-bond acceptors (Lipinski definition) is 1. The Bertz CT molecular complexity index is 313. The molecule has 0 aromatic carbocycles. The maximum Gasteiger partial charge on any atom is 0.0305 e. The lowest BCUT2D eigenvalue weighted by Gasteiger charge is -2.17. The molecule has 0 saturated heterocycles. The minimum absolute atomic E-state index is 1.19. The van der Waals surface area contributed by atoms with Crippen LogP contribution in [0.15, 0.2) is 24.5 Å². The van der Waals surface area contributed by atoms with Gasteiger partial charge >= 0.3 is 0 Å². The first kappa shape index (κ1) is 7.53. The number of allylic oxidation sites excluding steroid dienone is 2. The van der Waals surface area contributed by atoms with Crippen LogP contribution in [-0.4, -0.2) is 4.98 Å². The van der Waals surface area contributed by atoms with Crippen LogP contribution in [0, 0.1) is 0 Å². The summed E-state index contributed by atoms with van der Waals surface area (Å²) in [5.74, 6) is 0. The van der Waals surface area contributed by atoms with Crippen molar-refractivity contribution in [2.45, 2.75) is 26.2 Å². The molecule has 0 saturated carbocycles. The minimum atomic E-state index is 1.19. The minimum Gasteiger partial charge on any atom is -0.264 e. The predicted molar refractivity (Wildman–Crippen MR) is 50.8 cm³/mol. The number of aromatic nitrogens is 1. The van der Waals surface area contributed by atoms with Crippen LogP contribution in [0.5, 0.6) is 0 Å². The molecular formula is C11H13N. The van der Waals surface area contributed by atoms with Crippen molar-refractivity contribution in [1.29, 1.82) is 0 Å². The van der Waals surface area contributed by atoms with Crippen molar-refractivity contribution in [3.63, 3.8) is 0 Å². The smallest absolute Gasteiger partial charge is 0.0305 e. The van der Waals surface area contributed by atoms with Gasteiger partial charge in [0.15, 0.2) is 0 Å². The van der Waals surface area contributed by atoms with Crippen LogP contribution in [0.4, 0.5) is 0 Å². The Morgan fingerprint density at radius 2 is 2.33 bits per heavy atom. The zero-order valence-electron chi connectivity index (χ0n) is 7.38. The summed E-state index contributed by atoms with van der Waals surface area (Å²) in [7, 11) is 0. The summed E-state index contributed by atoms with van der Waals surface area (Å²) in [6, 6.07) is 2.13. The third-order valence-electron chi connectivity index (χ3n) is 2.49. The van der Waals surface area contributed by atoms with Gasteiger partial charge in [0.1, 0.15) is 0 Å². The monoisotopic (exact) mass is 159 g/mol. The summed E-state index contributed by atoms with van der Waals surface area (Å²) in [6.45, 7) is 2.12. The SMILES string of the molecule is CC=C1CCCc2cnccc21. The quantitative estimate of drug-likeness (QED) is 0.567. The number of aryl methyl sites for hydroxylation is 1. The molecule has 2 rings (SSSR count). The van der Waals surface area contributed by atoms with E-state index in [9.17, 15) is 0 Å². The standard InChI is InChI=1S/C11H13N/c1-2-9-4-3-5-10-8-12-7-6-11(9)10/h2,6-8H,3-5H2,1H3. The first-order valence-corrected chi connectivity index (χ1v) is 4.50. The van der Waals surface area contributed by atoms with Gasteiger partial charge < -0.3 is 0 Å². The van der Waals surface area contributed by atoms with E-state index in [2.05, 4.69) is 24.1 Å². The van der Waals surface area contributed by atoms with E-state index in [4.69, 9.17) is 0 Å². The van der Waals surface area contributed by atoms with Crippen LogP contribution in [0.3, 0.4) is 0 Å². The maximum absolute atomic E-state index is 4.14. The van der Waals surface area contributed by atoms with Gasteiger partial charge in [0, 0.05) is 12.4 Å². The summed E-state index contributed by atoms with van der Waals surface area (Å²) in [5.41, 5.74) is 4.31. The highest BCUT2D eigenvalue weighted by Gasteiger charge is 2.11. The van der Waals surface area contributed by atoms with Gasteiger partial charge in [0.05, 0.1) is 0 Å². The number of rotatable bonds is 0. The molecule has 62 valence electrons.